The Hall–Kier alpha value is -1.32. The highest BCUT2D eigenvalue weighted by Crippen LogP contribution is 2.17. The lowest BCUT2D eigenvalue weighted by Crippen LogP contribution is -2.02. The molecule has 1 unspecified atom stereocenters. The number of aryl methyl sites for hydroxylation is 1. The molecule has 16 heavy (non-hydrogen) atoms. The van der Waals surface area contributed by atoms with Crippen LogP contribution < -0.4 is 0 Å². The van der Waals surface area contributed by atoms with Crippen LogP contribution in [0, 0.1) is 0 Å². The van der Waals surface area contributed by atoms with E-state index in [1.807, 2.05) is 42.1 Å². The van der Waals surface area contributed by atoms with Gasteiger partial charge in [0.25, 0.3) is 0 Å². The van der Waals surface area contributed by atoms with Gasteiger partial charge in [-0.15, -0.1) is 0 Å². The Labute approximate surface area is 99.3 Å². The molecule has 0 radical (unpaired) electrons. The highest BCUT2D eigenvalue weighted by molar-refractivity contribution is 6.30. The van der Waals surface area contributed by atoms with Gasteiger partial charge in [-0.25, -0.2) is 4.98 Å². The van der Waals surface area contributed by atoms with Crippen LogP contribution >= 0.6 is 11.6 Å². The van der Waals surface area contributed by atoms with E-state index in [1.54, 1.807) is 6.33 Å². The number of rotatable bonds is 3. The van der Waals surface area contributed by atoms with Crippen molar-refractivity contribution in [3.63, 3.8) is 0 Å². The predicted octanol–water partition coefficient (Wildman–Crippen LogP) is 2.35. The molecule has 0 fully saturated rings. The molecule has 2 aromatic rings. The summed E-state index contributed by atoms with van der Waals surface area (Å²) in [5.41, 5.74) is 1.74. The van der Waals surface area contributed by atoms with Gasteiger partial charge < -0.3 is 9.67 Å². The molecule has 1 aromatic carbocycles. The van der Waals surface area contributed by atoms with E-state index in [1.165, 1.54) is 0 Å². The molecule has 0 aliphatic carbocycles. The monoisotopic (exact) mass is 236 g/mol. The topological polar surface area (TPSA) is 38.0 Å². The first-order chi connectivity index (χ1) is 7.65. The Morgan fingerprint density at radius 2 is 2.06 bits per heavy atom. The fourth-order valence-corrected chi connectivity index (χ4v) is 1.68. The van der Waals surface area contributed by atoms with Crippen LogP contribution in [0.3, 0.4) is 0 Å². The number of hydrogen-bond donors (Lipinski definition) is 1. The number of aliphatic hydroxyl groups excluding tert-OH is 1. The van der Waals surface area contributed by atoms with Crippen molar-refractivity contribution in [3.05, 3.63) is 53.1 Å². The predicted molar refractivity (Wildman–Crippen MR) is 63.3 cm³/mol. The zero-order chi connectivity index (χ0) is 11.5. The van der Waals surface area contributed by atoms with Crippen molar-refractivity contribution in [1.29, 1.82) is 0 Å². The largest absolute Gasteiger partial charge is 0.386 e. The molecule has 84 valence electrons. The van der Waals surface area contributed by atoms with E-state index in [2.05, 4.69) is 4.98 Å². The van der Waals surface area contributed by atoms with E-state index in [0.717, 1.165) is 5.56 Å². The van der Waals surface area contributed by atoms with Crippen molar-refractivity contribution in [1.82, 2.24) is 9.55 Å². The molecule has 0 bridgehead atoms. The summed E-state index contributed by atoms with van der Waals surface area (Å²) in [6.45, 7) is 0. The minimum absolute atomic E-state index is 0.550. The Morgan fingerprint density at radius 3 is 2.62 bits per heavy atom. The van der Waals surface area contributed by atoms with Crippen molar-refractivity contribution in [2.75, 3.05) is 0 Å². The highest BCUT2D eigenvalue weighted by Gasteiger charge is 2.10. The summed E-state index contributed by atoms with van der Waals surface area (Å²) in [6, 6.07) is 7.47. The number of aliphatic hydroxyl groups is 1. The summed E-state index contributed by atoms with van der Waals surface area (Å²) in [5.74, 6) is 0. The van der Waals surface area contributed by atoms with Crippen LogP contribution in [0.2, 0.25) is 5.02 Å². The molecule has 0 saturated carbocycles. The normalized spacial score (nSPS) is 12.7. The van der Waals surface area contributed by atoms with Gasteiger partial charge in [-0.05, 0) is 17.7 Å². The summed E-state index contributed by atoms with van der Waals surface area (Å²) in [7, 11) is 1.88. The maximum atomic E-state index is 9.95. The van der Waals surface area contributed by atoms with Gasteiger partial charge >= 0.3 is 0 Å². The first-order valence-electron chi connectivity index (χ1n) is 5.05. The lowest BCUT2D eigenvalue weighted by Gasteiger charge is -2.07. The Morgan fingerprint density at radius 1 is 1.38 bits per heavy atom. The molecule has 3 nitrogen and oxygen atoms in total. The van der Waals surface area contributed by atoms with Crippen LogP contribution in [-0.4, -0.2) is 14.7 Å². The zero-order valence-corrected chi connectivity index (χ0v) is 9.72. The fourth-order valence-electron chi connectivity index (χ4n) is 1.55. The second kappa shape index (κ2) is 4.68. The van der Waals surface area contributed by atoms with Crippen molar-refractivity contribution >= 4 is 11.6 Å². The van der Waals surface area contributed by atoms with Crippen LogP contribution in [-0.2, 0) is 13.5 Å². The molecular formula is C12H13ClN2O. The molecule has 4 heteroatoms. The molecule has 2 rings (SSSR count). The average Bonchev–Trinajstić information content (AvgIpc) is 2.68. The van der Waals surface area contributed by atoms with Gasteiger partial charge in [0.15, 0.2) is 0 Å². The summed E-state index contributed by atoms with van der Waals surface area (Å²) < 4.78 is 1.82. The molecule has 0 amide bonds. The quantitative estimate of drug-likeness (QED) is 0.889. The van der Waals surface area contributed by atoms with E-state index < -0.39 is 6.10 Å². The third kappa shape index (κ3) is 2.62. The van der Waals surface area contributed by atoms with Gasteiger partial charge in [0, 0.05) is 24.7 Å². The Balaban J connectivity index is 2.07. The second-order valence-corrected chi connectivity index (χ2v) is 4.25. The van der Waals surface area contributed by atoms with Crippen LogP contribution in [0.25, 0.3) is 0 Å². The zero-order valence-electron chi connectivity index (χ0n) is 8.97. The van der Waals surface area contributed by atoms with Gasteiger partial charge in [-0.3, -0.25) is 0 Å². The van der Waals surface area contributed by atoms with Crippen LogP contribution in [0.5, 0.6) is 0 Å². The minimum Gasteiger partial charge on any atom is -0.386 e. The summed E-state index contributed by atoms with van der Waals surface area (Å²) in [4.78, 5) is 4.12. The van der Waals surface area contributed by atoms with Gasteiger partial charge in [0.05, 0.1) is 12.0 Å². The number of halogens is 1. The molecule has 1 N–H and O–H groups in total. The van der Waals surface area contributed by atoms with Crippen LogP contribution in [0.1, 0.15) is 17.4 Å². The lowest BCUT2D eigenvalue weighted by molar-refractivity contribution is 0.174. The van der Waals surface area contributed by atoms with Gasteiger partial charge in [-0.1, -0.05) is 23.7 Å². The van der Waals surface area contributed by atoms with E-state index in [0.29, 0.717) is 17.1 Å². The molecule has 0 saturated heterocycles. The molecule has 1 atom stereocenters. The summed E-state index contributed by atoms with van der Waals surface area (Å²) >= 11 is 5.79. The highest BCUT2D eigenvalue weighted by atomic mass is 35.5. The Bertz CT molecular complexity index is 464. The SMILES string of the molecule is Cn1cnc(C(O)Cc2ccc(Cl)cc2)c1. The second-order valence-electron chi connectivity index (χ2n) is 3.81. The van der Waals surface area contributed by atoms with E-state index in [4.69, 9.17) is 11.6 Å². The molecule has 0 aliphatic rings. The summed E-state index contributed by atoms with van der Waals surface area (Å²) in [5, 5.41) is 10.7. The van der Waals surface area contributed by atoms with Crippen molar-refractivity contribution in [3.8, 4) is 0 Å². The standard InChI is InChI=1S/C12H13ClN2O/c1-15-7-11(14-8-15)12(16)6-9-2-4-10(13)5-3-9/h2-5,7-8,12,16H,6H2,1H3. The third-order valence-corrected chi connectivity index (χ3v) is 2.66. The van der Waals surface area contributed by atoms with Gasteiger partial charge in [0.1, 0.15) is 6.10 Å². The van der Waals surface area contributed by atoms with Gasteiger partial charge in [0.2, 0.25) is 0 Å². The molecule has 0 spiro atoms. The molecular weight excluding hydrogens is 224 g/mol. The fraction of sp³-hybridized carbons (Fsp3) is 0.250. The average molecular weight is 237 g/mol. The first-order valence-corrected chi connectivity index (χ1v) is 5.43. The van der Waals surface area contributed by atoms with Crippen molar-refractivity contribution in [2.24, 2.45) is 7.05 Å². The maximum absolute atomic E-state index is 9.95. The van der Waals surface area contributed by atoms with E-state index >= 15 is 0 Å². The van der Waals surface area contributed by atoms with Crippen molar-refractivity contribution < 1.29 is 5.11 Å². The minimum atomic E-state index is -0.567. The number of imidazole rings is 1. The van der Waals surface area contributed by atoms with Crippen LogP contribution in [0.4, 0.5) is 0 Å². The molecule has 1 heterocycles. The van der Waals surface area contributed by atoms with E-state index in [9.17, 15) is 5.11 Å². The van der Waals surface area contributed by atoms with Gasteiger partial charge in [-0.2, -0.15) is 0 Å². The molecule has 1 aromatic heterocycles. The molecule has 0 aliphatic heterocycles. The number of hydrogen-bond acceptors (Lipinski definition) is 2. The Kier molecular flexibility index (Phi) is 3.27. The van der Waals surface area contributed by atoms with Crippen molar-refractivity contribution in [2.45, 2.75) is 12.5 Å². The van der Waals surface area contributed by atoms with E-state index in [-0.39, 0.29) is 0 Å². The third-order valence-electron chi connectivity index (χ3n) is 2.41. The smallest absolute Gasteiger partial charge is 0.101 e. The number of benzene rings is 1. The number of nitrogens with zero attached hydrogens (tertiary/aromatic N) is 2. The first kappa shape index (κ1) is 11.2. The lowest BCUT2D eigenvalue weighted by atomic mass is 10.1. The maximum Gasteiger partial charge on any atom is 0.101 e. The van der Waals surface area contributed by atoms with Crippen LogP contribution in [0.15, 0.2) is 36.8 Å². The summed E-state index contributed by atoms with van der Waals surface area (Å²) in [6.07, 6.45) is 3.48. The number of aromatic nitrogens is 2.